The van der Waals surface area contributed by atoms with Gasteiger partial charge in [-0.05, 0) is 12.8 Å². The number of unbranched alkanes of at least 4 members (excludes halogenated alkanes) is 4. The molecule has 2 heteroatoms. The first kappa shape index (κ1) is 9.92. The molecule has 2 radical (unpaired) electrons. The van der Waals surface area contributed by atoms with E-state index in [2.05, 4.69) is 11.8 Å². The van der Waals surface area contributed by atoms with E-state index in [4.69, 9.17) is 0 Å². The van der Waals surface area contributed by atoms with Crippen LogP contribution in [-0.4, -0.2) is 13.2 Å². The van der Waals surface area contributed by atoms with Gasteiger partial charge in [-0.25, -0.2) is 5.11 Å². The van der Waals surface area contributed by atoms with Crippen LogP contribution in [0.1, 0.15) is 32.1 Å². The Kier molecular flexibility index (Phi) is 8.85. The highest BCUT2D eigenvalue weighted by Crippen LogP contribution is 2.01. The van der Waals surface area contributed by atoms with Gasteiger partial charge >= 0.3 is 0 Å². The van der Waals surface area contributed by atoms with E-state index in [1.165, 1.54) is 0 Å². The predicted octanol–water partition coefficient (Wildman–Crippen LogP) is 2.18. The van der Waals surface area contributed by atoms with Gasteiger partial charge in [0.15, 0.2) is 0 Å². The summed E-state index contributed by atoms with van der Waals surface area (Å²) in [7, 11) is 3.27. The van der Waals surface area contributed by atoms with Gasteiger partial charge in [0.05, 0.1) is 13.7 Å². The molecule has 0 saturated carbocycles. The molecule has 0 aromatic rings. The fourth-order valence-electron chi connectivity index (χ4n) is 0.837. The number of hydrogen-bond donors (Lipinski definition) is 0. The minimum Gasteiger partial charge on any atom is -0.379 e. The summed E-state index contributed by atoms with van der Waals surface area (Å²) in [6.45, 7) is 0.823. The molecular formula is C8H16O2. The number of hydrogen-bond acceptors (Lipinski definition) is 1. The molecule has 0 N–H and O–H groups in total. The van der Waals surface area contributed by atoms with Gasteiger partial charge in [-0.15, -0.1) is 0 Å². The van der Waals surface area contributed by atoms with E-state index >= 15 is 0 Å². The lowest BCUT2D eigenvalue weighted by atomic mass is 10.1. The summed E-state index contributed by atoms with van der Waals surface area (Å²) in [4.78, 5) is 0. The summed E-state index contributed by atoms with van der Waals surface area (Å²) in [6, 6.07) is 0. The SMILES string of the molecule is [CH2]OCCCCCCC[O]. The van der Waals surface area contributed by atoms with Crippen LogP contribution in [0, 0.1) is 7.11 Å². The Balaban J connectivity index is 2.65. The minimum absolute atomic E-state index is 0.0752. The second kappa shape index (κ2) is 8.92. The van der Waals surface area contributed by atoms with E-state index < -0.39 is 0 Å². The van der Waals surface area contributed by atoms with Crippen molar-refractivity contribution in [1.82, 2.24) is 0 Å². The summed E-state index contributed by atoms with van der Waals surface area (Å²) in [6.07, 6.45) is 5.29. The molecule has 0 fully saturated rings. The zero-order valence-corrected chi connectivity index (χ0v) is 6.47. The van der Waals surface area contributed by atoms with E-state index in [0.717, 1.165) is 38.7 Å². The van der Waals surface area contributed by atoms with Crippen LogP contribution in [0.3, 0.4) is 0 Å². The summed E-state index contributed by atoms with van der Waals surface area (Å²) in [5, 5.41) is 9.98. The fraction of sp³-hybridized carbons (Fsp3) is 0.875. The Bertz CT molecular complexity index is 47.2. The fourth-order valence-corrected chi connectivity index (χ4v) is 0.837. The molecule has 0 unspecified atom stereocenters. The molecule has 60 valence electrons. The maximum absolute atomic E-state index is 9.98. The molecule has 0 heterocycles. The van der Waals surface area contributed by atoms with Crippen molar-refractivity contribution in [3.05, 3.63) is 7.11 Å². The Morgan fingerprint density at radius 1 is 1.00 bits per heavy atom. The molecule has 0 aromatic heterocycles. The van der Waals surface area contributed by atoms with Gasteiger partial charge in [-0.2, -0.15) is 0 Å². The number of ether oxygens (including phenoxy) is 1. The zero-order valence-electron chi connectivity index (χ0n) is 6.47. The van der Waals surface area contributed by atoms with Crippen LogP contribution in [0.25, 0.3) is 0 Å². The highest BCUT2D eigenvalue weighted by Gasteiger charge is 1.88. The van der Waals surface area contributed by atoms with E-state index in [9.17, 15) is 5.11 Å². The lowest BCUT2D eigenvalue weighted by molar-refractivity contribution is 0.185. The van der Waals surface area contributed by atoms with Crippen LogP contribution in [0.15, 0.2) is 0 Å². The Morgan fingerprint density at radius 2 is 1.60 bits per heavy atom. The smallest absolute Gasteiger partial charge is 0.0822 e. The quantitative estimate of drug-likeness (QED) is 0.503. The van der Waals surface area contributed by atoms with Crippen molar-refractivity contribution < 1.29 is 9.84 Å². The monoisotopic (exact) mass is 144 g/mol. The van der Waals surface area contributed by atoms with Gasteiger partial charge in [0, 0.05) is 6.61 Å². The molecular weight excluding hydrogens is 128 g/mol. The highest BCUT2D eigenvalue weighted by atomic mass is 16.5. The third-order valence-corrected chi connectivity index (χ3v) is 1.43. The Labute approximate surface area is 63.2 Å². The Morgan fingerprint density at radius 3 is 2.20 bits per heavy atom. The molecule has 0 aliphatic rings. The Hall–Kier alpha value is -0.0800. The first-order valence-electron chi connectivity index (χ1n) is 3.87. The standard InChI is InChI=1S/C8H16O2/c1-10-8-6-4-2-3-5-7-9/h1-8H2. The molecule has 0 saturated heterocycles. The topological polar surface area (TPSA) is 29.1 Å². The second-order valence-electron chi connectivity index (χ2n) is 2.38. The molecule has 0 atom stereocenters. The molecule has 0 amide bonds. The lowest BCUT2D eigenvalue weighted by Gasteiger charge is -1.97. The summed E-state index contributed by atoms with van der Waals surface area (Å²) < 4.78 is 4.64. The molecule has 0 aromatic carbocycles. The minimum atomic E-state index is 0.0752. The van der Waals surface area contributed by atoms with Crippen LogP contribution >= 0.6 is 0 Å². The summed E-state index contributed by atoms with van der Waals surface area (Å²) >= 11 is 0. The molecule has 0 aliphatic carbocycles. The van der Waals surface area contributed by atoms with Gasteiger partial charge in [-0.1, -0.05) is 19.3 Å². The first-order chi connectivity index (χ1) is 4.91. The van der Waals surface area contributed by atoms with Crippen LogP contribution in [0.4, 0.5) is 0 Å². The van der Waals surface area contributed by atoms with Gasteiger partial charge in [0.1, 0.15) is 0 Å². The van der Waals surface area contributed by atoms with E-state index in [-0.39, 0.29) is 6.61 Å². The van der Waals surface area contributed by atoms with Crippen LogP contribution in [0.2, 0.25) is 0 Å². The third-order valence-electron chi connectivity index (χ3n) is 1.43. The second-order valence-corrected chi connectivity index (χ2v) is 2.38. The van der Waals surface area contributed by atoms with Crippen molar-refractivity contribution in [2.24, 2.45) is 0 Å². The highest BCUT2D eigenvalue weighted by molar-refractivity contribution is 4.42. The van der Waals surface area contributed by atoms with Gasteiger partial charge in [0.2, 0.25) is 0 Å². The maximum atomic E-state index is 9.98. The average Bonchev–Trinajstić information content (AvgIpc) is 1.97. The summed E-state index contributed by atoms with van der Waals surface area (Å²) in [5.41, 5.74) is 0. The van der Waals surface area contributed by atoms with Crippen molar-refractivity contribution in [3.63, 3.8) is 0 Å². The van der Waals surface area contributed by atoms with Crippen molar-refractivity contribution in [1.29, 1.82) is 0 Å². The van der Waals surface area contributed by atoms with Crippen molar-refractivity contribution in [3.8, 4) is 0 Å². The van der Waals surface area contributed by atoms with E-state index in [1.807, 2.05) is 0 Å². The predicted molar refractivity (Wildman–Crippen MR) is 39.9 cm³/mol. The van der Waals surface area contributed by atoms with Crippen LogP contribution in [-0.2, 0) is 9.84 Å². The molecule has 0 bridgehead atoms. The van der Waals surface area contributed by atoms with E-state index in [1.54, 1.807) is 0 Å². The number of rotatable bonds is 7. The molecule has 0 aliphatic heterocycles. The normalized spacial score (nSPS) is 10.2. The molecule has 0 rings (SSSR count). The third kappa shape index (κ3) is 7.92. The largest absolute Gasteiger partial charge is 0.379 e. The van der Waals surface area contributed by atoms with Gasteiger partial charge in [0.25, 0.3) is 0 Å². The first-order valence-corrected chi connectivity index (χ1v) is 3.87. The van der Waals surface area contributed by atoms with Crippen molar-refractivity contribution in [2.75, 3.05) is 13.2 Å². The lowest BCUT2D eigenvalue weighted by Crippen LogP contribution is -1.87. The van der Waals surface area contributed by atoms with Gasteiger partial charge in [-0.3, -0.25) is 0 Å². The zero-order chi connectivity index (χ0) is 7.66. The van der Waals surface area contributed by atoms with Crippen molar-refractivity contribution in [2.45, 2.75) is 32.1 Å². The van der Waals surface area contributed by atoms with Crippen LogP contribution in [0.5, 0.6) is 0 Å². The molecule has 10 heavy (non-hydrogen) atoms. The average molecular weight is 144 g/mol. The molecule has 2 nitrogen and oxygen atoms in total. The summed E-state index contributed by atoms with van der Waals surface area (Å²) in [5.74, 6) is 0. The van der Waals surface area contributed by atoms with Gasteiger partial charge < -0.3 is 4.74 Å². The van der Waals surface area contributed by atoms with E-state index in [0.29, 0.717) is 0 Å². The van der Waals surface area contributed by atoms with Crippen LogP contribution < -0.4 is 0 Å². The molecule has 0 spiro atoms. The maximum Gasteiger partial charge on any atom is 0.0822 e. The van der Waals surface area contributed by atoms with Crippen molar-refractivity contribution >= 4 is 0 Å².